The van der Waals surface area contributed by atoms with Gasteiger partial charge in [-0.05, 0) is 70.6 Å². The first-order valence-corrected chi connectivity index (χ1v) is 25.3. The lowest BCUT2D eigenvalue weighted by Crippen LogP contribution is -2.37. The first-order chi connectivity index (χ1) is 29.5. The molecule has 0 radical (unpaired) electrons. The second-order valence-electron chi connectivity index (χ2n) is 16.8. The van der Waals surface area contributed by atoms with Crippen LogP contribution in [0, 0.1) is 0 Å². The molecule has 0 rings (SSSR count). The lowest BCUT2D eigenvalue weighted by atomic mass is 10.0. The fourth-order valence-corrected chi connectivity index (χ4v) is 6.73. The van der Waals surface area contributed by atoms with Gasteiger partial charge in [0.1, 0.15) is 19.8 Å². The van der Waals surface area contributed by atoms with Crippen LogP contribution in [0.25, 0.3) is 0 Å². The maximum absolute atomic E-state index is 12.7. The number of allylic oxidation sites excluding steroid dienone is 14. The van der Waals surface area contributed by atoms with E-state index in [0.717, 1.165) is 83.5 Å². The molecule has 0 fully saturated rings. The van der Waals surface area contributed by atoms with Crippen molar-refractivity contribution in [2.24, 2.45) is 0 Å². The molecule has 1 N–H and O–H groups in total. The van der Waals surface area contributed by atoms with Gasteiger partial charge in [-0.2, -0.15) is 0 Å². The van der Waals surface area contributed by atoms with Crippen LogP contribution in [0.2, 0.25) is 0 Å². The van der Waals surface area contributed by atoms with E-state index in [1.807, 2.05) is 21.1 Å². The van der Waals surface area contributed by atoms with Gasteiger partial charge in [-0.15, -0.1) is 0 Å². The molecule has 0 bridgehead atoms. The summed E-state index contributed by atoms with van der Waals surface area (Å²) in [4.78, 5) is 35.4. The molecule has 61 heavy (non-hydrogen) atoms. The quantitative estimate of drug-likeness (QED) is 0.0212. The summed E-state index contributed by atoms with van der Waals surface area (Å²) in [6, 6.07) is 0. The summed E-state index contributed by atoms with van der Waals surface area (Å²) < 4.78 is 34.3. The van der Waals surface area contributed by atoms with Crippen molar-refractivity contribution < 1.29 is 42.1 Å². The van der Waals surface area contributed by atoms with Crippen LogP contribution in [-0.4, -0.2) is 74.9 Å². The van der Waals surface area contributed by atoms with E-state index in [4.69, 9.17) is 18.5 Å². The lowest BCUT2D eigenvalue weighted by Gasteiger charge is -2.24. The molecule has 0 aliphatic heterocycles. The van der Waals surface area contributed by atoms with Crippen LogP contribution < -0.4 is 0 Å². The Kier molecular flexibility index (Phi) is 40.5. The molecule has 0 aromatic rings. The molecule has 350 valence electrons. The van der Waals surface area contributed by atoms with E-state index in [1.54, 1.807) is 0 Å². The third-order valence-electron chi connectivity index (χ3n) is 9.69. The van der Waals surface area contributed by atoms with Crippen LogP contribution in [0.4, 0.5) is 0 Å². The van der Waals surface area contributed by atoms with Gasteiger partial charge in [-0.25, -0.2) is 4.57 Å². The minimum atomic E-state index is -4.39. The monoisotopic (exact) mass is 875 g/mol. The number of phosphoric ester groups is 1. The number of carbonyl (C=O) groups is 2. The summed E-state index contributed by atoms with van der Waals surface area (Å²) >= 11 is 0. The molecular formula is C51H89NO8P+. The normalized spacial score (nSPS) is 14.3. The Morgan fingerprint density at radius 1 is 0.525 bits per heavy atom. The maximum atomic E-state index is 12.7. The highest BCUT2D eigenvalue weighted by molar-refractivity contribution is 7.47. The van der Waals surface area contributed by atoms with E-state index in [0.29, 0.717) is 17.4 Å². The molecule has 2 atom stereocenters. The zero-order chi connectivity index (χ0) is 45.0. The van der Waals surface area contributed by atoms with Crippen molar-refractivity contribution in [3.8, 4) is 0 Å². The summed E-state index contributed by atoms with van der Waals surface area (Å²) in [5.74, 6) is -0.842. The number of esters is 2. The molecule has 10 heteroatoms. The molecule has 0 aromatic carbocycles. The summed E-state index contributed by atoms with van der Waals surface area (Å²) in [7, 11) is 1.44. The summed E-state index contributed by atoms with van der Waals surface area (Å²) in [5, 5.41) is 0. The predicted molar refractivity (Wildman–Crippen MR) is 256 cm³/mol. The highest BCUT2D eigenvalue weighted by Crippen LogP contribution is 2.43. The molecule has 0 spiro atoms. The van der Waals surface area contributed by atoms with E-state index < -0.39 is 26.5 Å². The van der Waals surface area contributed by atoms with Gasteiger partial charge >= 0.3 is 19.8 Å². The summed E-state index contributed by atoms with van der Waals surface area (Å²) in [5.41, 5.74) is 0. The van der Waals surface area contributed by atoms with Crippen molar-refractivity contribution in [3.63, 3.8) is 0 Å². The van der Waals surface area contributed by atoms with Crippen LogP contribution in [0.3, 0.4) is 0 Å². The molecule has 0 aromatic heterocycles. The number of ether oxygens (including phenoxy) is 2. The van der Waals surface area contributed by atoms with Crippen LogP contribution in [-0.2, 0) is 32.7 Å². The van der Waals surface area contributed by atoms with E-state index in [9.17, 15) is 19.0 Å². The van der Waals surface area contributed by atoms with Crippen molar-refractivity contribution in [1.82, 2.24) is 0 Å². The zero-order valence-electron chi connectivity index (χ0n) is 39.4. The third kappa shape index (κ3) is 46.5. The average Bonchev–Trinajstić information content (AvgIpc) is 3.21. The van der Waals surface area contributed by atoms with Gasteiger partial charge < -0.3 is 18.9 Å². The number of nitrogens with zero attached hydrogens (tertiary/aromatic N) is 1. The van der Waals surface area contributed by atoms with Crippen molar-refractivity contribution in [2.75, 3.05) is 47.5 Å². The topological polar surface area (TPSA) is 108 Å². The lowest BCUT2D eigenvalue weighted by molar-refractivity contribution is -0.870. The molecule has 0 aliphatic carbocycles. The number of hydrogen-bond acceptors (Lipinski definition) is 7. The second-order valence-corrected chi connectivity index (χ2v) is 18.2. The molecule has 0 saturated heterocycles. The highest BCUT2D eigenvalue weighted by Gasteiger charge is 2.27. The molecule has 2 unspecified atom stereocenters. The van der Waals surface area contributed by atoms with Gasteiger partial charge in [0.2, 0.25) is 0 Å². The molecule has 9 nitrogen and oxygen atoms in total. The minimum Gasteiger partial charge on any atom is -0.462 e. The molecule has 0 amide bonds. The van der Waals surface area contributed by atoms with Gasteiger partial charge in [0, 0.05) is 12.8 Å². The molecule has 0 saturated carbocycles. The van der Waals surface area contributed by atoms with Gasteiger partial charge in [0.15, 0.2) is 6.10 Å². The van der Waals surface area contributed by atoms with Crippen molar-refractivity contribution in [1.29, 1.82) is 0 Å². The highest BCUT2D eigenvalue weighted by atomic mass is 31.2. The smallest absolute Gasteiger partial charge is 0.462 e. The Bertz CT molecular complexity index is 1310. The Labute approximate surface area is 373 Å². The van der Waals surface area contributed by atoms with Gasteiger partial charge in [0.25, 0.3) is 0 Å². The van der Waals surface area contributed by atoms with Crippen molar-refractivity contribution in [3.05, 3.63) is 85.1 Å². The number of carbonyl (C=O) groups excluding carboxylic acids is 2. The first-order valence-electron chi connectivity index (χ1n) is 23.8. The van der Waals surface area contributed by atoms with Gasteiger partial charge in [0.05, 0.1) is 27.7 Å². The number of rotatable bonds is 42. The van der Waals surface area contributed by atoms with E-state index in [1.165, 1.54) is 57.8 Å². The second kappa shape index (κ2) is 42.5. The zero-order valence-corrected chi connectivity index (χ0v) is 40.3. The van der Waals surface area contributed by atoms with Gasteiger partial charge in [-0.1, -0.05) is 176 Å². The average molecular weight is 875 g/mol. The maximum Gasteiger partial charge on any atom is 0.472 e. The molecule has 0 heterocycles. The van der Waals surface area contributed by atoms with Crippen LogP contribution in [0.5, 0.6) is 0 Å². The Balaban J connectivity index is 4.37. The third-order valence-corrected chi connectivity index (χ3v) is 10.7. The molecule has 0 aliphatic rings. The minimum absolute atomic E-state index is 0.0213. The summed E-state index contributed by atoms with van der Waals surface area (Å²) in [6.07, 6.45) is 54.9. The number of unbranched alkanes of at least 4 members (excludes halogenated alkanes) is 14. The number of quaternary nitrogens is 1. The number of phosphoric acid groups is 1. The van der Waals surface area contributed by atoms with E-state index in [-0.39, 0.29) is 32.0 Å². The Morgan fingerprint density at radius 2 is 0.934 bits per heavy atom. The van der Waals surface area contributed by atoms with E-state index >= 15 is 0 Å². The predicted octanol–water partition coefficient (Wildman–Crippen LogP) is 14.0. The Hall–Kier alpha value is -2.81. The van der Waals surface area contributed by atoms with Crippen molar-refractivity contribution in [2.45, 2.75) is 180 Å². The SMILES string of the molecule is CC/C=C\C/C=C\C/C=C\C/C=C\C/C=C\C/C=C\C/C=C\CCCCCC(=O)OC(COC(=O)CCCCCCCCCCCCCC)COP(=O)(O)OCC[N+](C)(C)C. The van der Waals surface area contributed by atoms with Crippen LogP contribution in [0.1, 0.15) is 174 Å². The largest absolute Gasteiger partial charge is 0.472 e. The fourth-order valence-electron chi connectivity index (χ4n) is 5.99. The van der Waals surface area contributed by atoms with Crippen LogP contribution in [0.15, 0.2) is 85.1 Å². The first kappa shape index (κ1) is 58.2. The number of likely N-dealkylation sites (N-methyl/N-ethyl adjacent to an activating group) is 1. The summed E-state index contributed by atoms with van der Waals surface area (Å²) in [6.45, 7) is 4.25. The number of hydrogen-bond donors (Lipinski definition) is 1. The Morgan fingerprint density at radius 3 is 1.39 bits per heavy atom. The fraction of sp³-hybridized carbons (Fsp3) is 0.686. The standard InChI is InChI=1S/C51H88NO8P/c1-6-8-10-12-14-16-18-20-21-22-23-24-25-26-27-28-29-30-31-32-34-36-38-40-42-44-51(54)60-49(48-59-61(55,56)58-46-45-52(3,4)5)47-57-50(53)43-41-39-37-35-33-19-17-15-13-11-9-7-2/h8,10,14,16,20-21,23-24,26-27,29-30,32,34,49H,6-7,9,11-13,15,17-19,22,25,28,31,33,35-48H2,1-5H3/p+1/b10-8-,16-14-,21-20-,24-23-,27-26-,30-29-,34-32-. The van der Waals surface area contributed by atoms with Gasteiger partial charge in [-0.3, -0.25) is 18.6 Å². The van der Waals surface area contributed by atoms with Crippen molar-refractivity contribution >= 4 is 19.8 Å². The molecular weight excluding hydrogens is 786 g/mol. The van der Waals surface area contributed by atoms with Crippen LogP contribution >= 0.6 is 7.82 Å². The van der Waals surface area contributed by atoms with E-state index in [2.05, 4.69) is 98.9 Å².